The molecule has 1 fully saturated rings. The van der Waals surface area contributed by atoms with Crippen molar-refractivity contribution in [3.8, 4) is 0 Å². The summed E-state index contributed by atoms with van der Waals surface area (Å²) in [4.78, 5) is 25.5. The molecule has 28 heavy (non-hydrogen) atoms. The van der Waals surface area contributed by atoms with Crippen molar-refractivity contribution >= 4 is 24.5 Å². The number of rotatable bonds is 6. The maximum absolute atomic E-state index is 12.9. The first-order chi connectivity index (χ1) is 13.4. The molecule has 1 saturated carbocycles. The van der Waals surface area contributed by atoms with E-state index in [0.717, 1.165) is 18.4 Å². The van der Waals surface area contributed by atoms with Crippen LogP contribution < -0.4 is 10.8 Å². The van der Waals surface area contributed by atoms with Gasteiger partial charge in [0.05, 0.1) is 13.2 Å². The number of carbonyl (C=O) groups is 2. The van der Waals surface area contributed by atoms with Crippen molar-refractivity contribution in [2.24, 2.45) is 11.8 Å². The van der Waals surface area contributed by atoms with Gasteiger partial charge in [0.1, 0.15) is 6.04 Å². The first kappa shape index (κ1) is 20.9. The molecule has 0 radical (unpaired) electrons. The van der Waals surface area contributed by atoms with E-state index >= 15 is 0 Å². The van der Waals surface area contributed by atoms with E-state index in [2.05, 4.69) is 5.32 Å². The third-order valence-corrected chi connectivity index (χ3v) is 5.89. The van der Waals surface area contributed by atoms with Gasteiger partial charge in [-0.05, 0) is 54.3 Å². The SMILES string of the molecule is Cc1c(C(=O)N[C@H](C(=O)OCC2CCCCC2)C(C)C)ccc2c1B(O)OC2. The number of hydrogen-bond donors (Lipinski definition) is 2. The molecule has 0 aromatic heterocycles. The maximum Gasteiger partial charge on any atom is 0.492 e. The monoisotopic (exact) mass is 387 g/mol. The van der Waals surface area contributed by atoms with Crippen molar-refractivity contribution in [2.75, 3.05) is 6.61 Å². The molecule has 1 aromatic carbocycles. The van der Waals surface area contributed by atoms with Crippen LogP contribution in [0.3, 0.4) is 0 Å². The number of ether oxygens (including phenoxy) is 1. The molecule has 2 aliphatic rings. The Balaban J connectivity index is 1.66. The van der Waals surface area contributed by atoms with Crippen LogP contribution in [0.5, 0.6) is 0 Å². The van der Waals surface area contributed by atoms with Crippen LogP contribution in [0.1, 0.15) is 67.4 Å². The molecule has 1 aliphatic carbocycles. The highest BCUT2D eigenvalue weighted by atomic mass is 16.5. The first-order valence-electron chi connectivity index (χ1n) is 10.3. The number of hydrogen-bond acceptors (Lipinski definition) is 5. The highest BCUT2D eigenvalue weighted by Crippen LogP contribution is 2.24. The first-order valence-corrected chi connectivity index (χ1v) is 10.3. The van der Waals surface area contributed by atoms with Crippen molar-refractivity contribution < 1.29 is 24.0 Å². The predicted molar refractivity (Wildman–Crippen MR) is 107 cm³/mol. The molecule has 1 aromatic rings. The van der Waals surface area contributed by atoms with Crippen molar-refractivity contribution in [3.63, 3.8) is 0 Å². The van der Waals surface area contributed by atoms with E-state index in [9.17, 15) is 14.6 Å². The van der Waals surface area contributed by atoms with Gasteiger partial charge in [0.25, 0.3) is 5.91 Å². The van der Waals surface area contributed by atoms with E-state index < -0.39 is 13.2 Å². The van der Waals surface area contributed by atoms with E-state index in [0.29, 0.717) is 35.7 Å². The highest BCUT2D eigenvalue weighted by molar-refractivity contribution is 6.62. The number of nitrogens with one attached hydrogen (secondary N) is 1. The molecule has 6 nitrogen and oxygen atoms in total. The molecule has 1 atom stereocenters. The maximum atomic E-state index is 12.9. The van der Waals surface area contributed by atoms with Gasteiger partial charge in [-0.25, -0.2) is 4.79 Å². The zero-order chi connectivity index (χ0) is 20.3. The molecule has 0 bridgehead atoms. The van der Waals surface area contributed by atoms with Gasteiger partial charge in [0, 0.05) is 5.56 Å². The fourth-order valence-corrected chi connectivity index (χ4v) is 4.11. The van der Waals surface area contributed by atoms with Gasteiger partial charge in [-0.15, -0.1) is 0 Å². The van der Waals surface area contributed by atoms with E-state index in [1.165, 1.54) is 19.3 Å². The summed E-state index contributed by atoms with van der Waals surface area (Å²) < 4.78 is 10.8. The molecule has 0 unspecified atom stereocenters. The van der Waals surface area contributed by atoms with Gasteiger partial charge < -0.3 is 19.7 Å². The lowest BCUT2D eigenvalue weighted by molar-refractivity contribution is -0.148. The molecule has 7 heteroatoms. The van der Waals surface area contributed by atoms with Gasteiger partial charge in [0.15, 0.2) is 0 Å². The van der Waals surface area contributed by atoms with Gasteiger partial charge in [-0.1, -0.05) is 39.2 Å². The van der Waals surface area contributed by atoms with Gasteiger partial charge in [0.2, 0.25) is 0 Å². The smallest absolute Gasteiger partial charge is 0.464 e. The Morgan fingerprint density at radius 2 is 2.00 bits per heavy atom. The Hall–Kier alpha value is -1.86. The number of esters is 1. The second kappa shape index (κ2) is 9.10. The average Bonchev–Trinajstić information content (AvgIpc) is 3.06. The second-order valence-corrected chi connectivity index (χ2v) is 8.30. The summed E-state index contributed by atoms with van der Waals surface area (Å²) in [7, 11) is -1.01. The summed E-state index contributed by atoms with van der Waals surface area (Å²) in [6, 6.07) is 2.81. The Morgan fingerprint density at radius 3 is 2.68 bits per heavy atom. The molecule has 1 amide bonds. The normalized spacial score (nSPS) is 18.1. The van der Waals surface area contributed by atoms with Crippen LogP contribution in [0, 0.1) is 18.8 Å². The van der Waals surface area contributed by atoms with Crippen molar-refractivity contribution in [1.82, 2.24) is 5.32 Å². The summed E-state index contributed by atoms with van der Waals surface area (Å²) in [5, 5.41) is 12.8. The minimum atomic E-state index is -1.01. The van der Waals surface area contributed by atoms with Crippen LogP contribution in [-0.4, -0.2) is 36.7 Å². The van der Waals surface area contributed by atoms with Crippen molar-refractivity contribution in [3.05, 3.63) is 28.8 Å². The van der Waals surface area contributed by atoms with Crippen molar-refractivity contribution in [2.45, 2.75) is 65.5 Å². The van der Waals surface area contributed by atoms with Crippen LogP contribution in [-0.2, 0) is 20.8 Å². The van der Waals surface area contributed by atoms with Crippen LogP contribution in [0.4, 0.5) is 0 Å². The molecule has 152 valence electrons. The van der Waals surface area contributed by atoms with Gasteiger partial charge >= 0.3 is 13.1 Å². The number of benzene rings is 1. The molecule has 1 aliphatic heterocycles. The zero-order valence-corrected chi connectivity index (χ0v) is 17.0. The third kappa shape index (κ3) is 4.58. The molecule has 2 N–H and O–H groups in total. The van der Waals surface area contributed by atoms with E-state index in [1.54, 1.807) is 19.1 Å². The van der Waals surface area contributed by atoms with Gasteiger partial charge in [-0.2, -0.15) is 0 Å². The largest absolute Gasteiger partial charge is 0.492 e. The highest BCUT2D eigenvalue weighted by Gasteiger charge is 2.32. The molecule has 0 saturated heterocycles. The zero-order valence-electron chi connectivity index (χ0n) is 17.0. The van der Waals surface area contributed by atoms with Gasteiger partial charge in [-0.3, -0.25) is 4.79 Å². The Labute approximate surface area is 167 Å². The fourth-order valence-electron chi connectivity index (χ4n) is 4.11. The summed E-state index contributed by atoms with van der Waals surface area (Å²) >= 11 is 0. The molecule has 1 heterocycles. The second-order valence-electron chi connectivity index (χ2n) is 8.30. The Morgan fingerprint density at radius 1 is 1.29 bits per heavy atom. The summed E-state index contributed by atoms with van der Waals surface area (Å²) in [5.41, 5.74) is 2.65. The lowest BCUT2D eigenvalue weighted by Crippen LogP contribution is -2.46. The average molecular weight is 387 g/mol. The lowest BCUT2D eigenvalue weighted by Gasteiger charge is -2.25. The standard InChI is InChI=1S/C21H30BNO5/c1-13(2)19(21(25)27-11-15-7-5-4-6-8-15)23-20(24)17-10-9-16-12-28-22(26)18(16)14(17)3/h9-10,13,15,19,26H,4-8,11-12H2,1-3H3,(H,23,24)/t19-/m0/s1. The van der Waals surface area contributed by atoms with Crippen LogP contribution in [0.25, 0.3) is 0 Å². The topological polar surface area (TPSA) is 84.9 Å². The summed E-state index contributed by atoms with van der Waals surface area (Å²) in [5.74, 6) is -0.378. The Kier molecular flexibility index (Phi) is 6.78. The number of fused-ring (bicyclic) bond motifs is 1. The van der Waals surface area contributed by atoms with Crippen LogP contribution in [0.15, 0.2) is 12.1 Å². The Bertz CT molecular complexity index is 730. The predicted octanol–water partition coefficient (Wildman–Crippen LogP) is 2.09. The van der Waals surface area contributed by atoms with Crippen LogP contribution in [0.2, 0.25) is 0 Å². The number of amides is 1. The number of carbonyl (C=O) groups excluding carboxylic acids is 2. The summed E-state index contributed by atoms with van der Waals surface area (Å²) in [6.07, 6.45) is 5.85. The molecule has 3 rings (SSSR count). The fraction of sp³-hybridized carbons (Fsp3) is 0.619. The quantitative estimate of drug-likeness (QED) is 0.577. The minimum Gasteiger partial charge on any atom is -0.464 e. The van der Waals surface area contributed by atoms with Crippen molar-refractivity contribution in [1.29, 1.82) is 0 Å². The third-order valence-electron chi connectivity index (χ3n) is 5.89. The molecular weight excluding hydrogens is 357 g/mol. The molecular formula is C21H30BNO5. The summed E-state index contributed by atoms with van der Waals surface area (Å²) in [6.45, 7) is 6.33. The van der Waals surface area contributed by atoms with E-state index in [4.69, 9.17) is 9.39 Å². The minimum absolute atomic E-state index is 0.0912. The molecule has 0 spiro atoms. The van der Waals surface area contributed by atoms with E-state index in [-0.39, 0.29) is 17.8 Å². The lowest BCUT2D eigenvalue weighted by atomic mass is 9.75. The van der Waals surface area contributed by atoms with Crippen LogP contribution >= 0.6 is 0 Å². The van der Waals surface area contributed by atoms with E-state index in [1.807, 2.05) is 13.8 Å².